The van der Waals surface area contributed by atoms with Gasteiger partial charge in [0.25, 0.3) is 0 Å². The Hall–Kier alpha value is -1.38. The molecule has 82 valence electrons. The molecule has 0 aliphatic rings. The number of carbonyl (C=O) groups excluding carboxylic acids is 1. The van der Waals surface area contributed by atoms with Crippen molar-refractivity contribution in [1.29, 1.82) is 0 Å². The summed E-state index contributed by atoms with van der Waals surface area (Å²) in [7, 11) is 0. The summed E-state index contributed by atoms with van der Waals surface area (Å²) >= 11 is 0. The van der Waals surface area contributed by atoms with Gasteiger partial charge in [-0.15, -0.1) is 0 Å². The lowest BCUT2D eigenvalue weighted by atomic mass is 10.1. The van der Waals surface area contributed by atoms with Crippen molar-refractivity contribution in [3.63, 3.8) is 0 Å². The van der Waals surface area contributed by atoms with E-state index in [-0.39, 0.29) is 11.9 Å². The Morgan fingerprint density at radius 2 is 2.20 bits per heavy atom. The Bertz CT molecular complexity index is 334. The normalized spacial score (nSPS) is 10.4. The maximum absolute atomic E-state index is 10.8. The number of rotatable bonds is 5. The number of pyridine rings is 1. The highest BCUT2D eigenvalue weighted by molar-refractivity contribution is 5.75. The van der Waals surface area contributed by atoms with Crippen LogP contribution in [-0.2, 0) is 11.2 Å². The summed E-state index contributed by atoms with van der Waals surface area (Å²) in [4.78, 5) is 14.9. The SMILES string of the molecule is CC(=O)CCc1cncc(OC(C)C)c1. The Kier molecular flexibility index (Phi) is 4.28. The highest BCUT2D eigenvalue weighted by Crippen LogP contribution is 2.14. The number of Topliss-reactive ketones (excluding diaryl/α,β-unsaturated/α-hetero) is 1. The van der Waals surface area contributed by atoms with Crippen LogP contribution in [0.4, 0.5) is 0 Å². The molecule has 3 heteroatoms. The summed E-state index contributed by atoms with van der Waals surface area (Å²) in [5, 5.41) is 0. The van der Waals surface area contributed by atoms with Crippen LogP contribution in [0.2, 0.25) is 0 Å². The van der Waals surface area contributed by atoms with Crippen molar-refractivity contribution in [1.82, 2.24) is 4.98 Å². The highest BCUT2D eigenvalue weighted by atomic mass is 16.5. The molecule has 0 amide bonds. The van der Waals surface area contributed by atoms with Crippen molar-refractivity contribution < 1.29 is 9.53 Å². The van der Waals surface area contributed by atoms with Crippen molar-refractivity contribution in [3.8, 4) is 5.75 Å². The number of hydrogen-bond donors (Lipinski definition) is 0. The monoisotopic (exact) mass is 207 g/mol. The van der Waals surface area contributed by atoms with E-state index in [2.05, 4.69) is 4.98 Å². The molecule has 0 fully saturated rings. The molecule has 1 aromatic rings. The van der Waals surface area contributed by atoms with Crippen LogP contribution in [0, 0.1) is 0 Å². The fourth-order valence-electron chi connectivity index (χ4n) is 1.26. The van der Waals surface area contributed by atoms with E-state index >= 15 is 0 Å². The van der Waals surface area contributed by atoms with Crippen molar-refractivity contribution in [2.45, 2.75) is 39.7 Å². The van der Waals surface area contributed by atoms with Crippen molar-refractivity contribution >= 4 is 5.78 Å². The van der Waals surface area contributed by atoms with E-state index in [9.17, 15) is 4.79 Å². The molecule has 3 nitrogen and oxygen atoms in total. The van der Waals surface area contributed by atoms with Gasteiger partial charge in [0.05, 0.1) is 12.3 Å². The average molecular weight is 207 g/mol. The first-order valence-electron chi connectivity index (χ1n) is 5.18. The molecule has 1 aromatic heterocycles. The second-order valence-corrected chi connectivity index (χ2v) is 3.90. The zero-order valence-corrected chi connectivity index (χ0v) is 9.49. The van der Waals surface area contributed by atoms with Crippen LogP contribution in [0.25, 0.3) is 0 Å². The van der Waals surface area contributed by atoms with Crippen LogP contribution < -0.4 is 4.74 Å². The zero-order chi connectivity index (χ0) is 11.3. The maximum Gasteiger partial charge on any atom is 0.138 e. The average Bonchev–Trinajstić information content (AvgIpc) is 2.14. The molecule has 0 saturated carbocycles. The summed E-state index contributed by atoms with van der Waals surface area (Å²) in [5.41, 5.74) is 1.04. The van der Waals surface area contributed by atoms with Crippen molar-refractivity contribution in [3.05, 3.63) is 24.0 Å². The predicted molar refractivity (Wildman–Crippen MR) is 59.0 cm³/mol. The Balaban J connectivity index is 2.61. The number of ether oxygens (including phenoxy) is 1. The standard InChI is InChI=1S/C12H17NO2/c1-9(2)15-12-6-11(7-13-8-12)5-4-10(3)14/h6-9H,4-5H2,1-3H3. The van der Waals surface area contributed by atoms with Gasteiger partial charge in [0.1, 0.15) is 11.5 Å². The summed E-state index contributed by atoms with van der Waals surface area (Å²) < 4.78 is 5.51. The van der Waals surface area contributed by atoms with E-state index in [4.69, 9.17) is 4.74 Å². The summed E-state index contributed by atoms with van der Waals surface area (Å²) in [5.74, 6) is 0.969. The van der Waals surface area contributed by atoms with Crippen molar-refractivity contribution in [2.75, 3.05) is 0 Å². The maximum atomic E-state index is 10.8. The molecular weight excluding hydrogens is 190 g/mol. The van der Waals surface area contributed by atoms with Gasteiger partial charge < -0.3 is 9.53 Å². The number of carbonyl (C=O) groups is 1. The first kappa shape index (κ1) is 11.7. The molecule has 1 rings (SSSR count). The van der Waals surface area contributed by atoms with E-state index in [1.54, 1.807) is 19.3 Å². The second-order valence-electron chi connectivity index (χ2n) is 3.90. The van der Waals surface area contributed by atoms with Crippen LogP contribution in [0.1, 0.15) is 32.8 Å². The fourth-order valence-corrected chi connectivity index (χ4v) is 1.26. The lowest BCUT2D eigenvalue weighted by Crippen LogP contribution is -2.06. The number of aromatic nitrogens is 1. The molecule has 0 aromatic carbocycles. The fraction of sp³-hybridized carbons (Fsp3) is 0.500. The number of nitrogens with zero attached hydrogens (tertiary/aromatic N) is 1. The summed E-state index contributed by atoms with van der Waals surface area (Å²) in [6.45, 7) is 5.55. The Labute approximate surface area is 90.5 Å². The van der Waals surface area contributed by atoms with Gasteiger partial charge in [-0.05, 0) is 38.8 Å². The molecular formula is C12H17NO2. The smallest absolute Gasteiger partial charge is 0.138 e. The van der Waals surface area contributed by atoms with E-state index in [1.807, 2.05) is 19.9 Å². The van der Waals surface area contributed by atoms with E-state index in [0.29, 0.717) is 6.42 Å². The Morgan fingerprint density at radius 1 is 1.47 bits per heavy atom. The molecule has 0 radical (unpaired) electrons. The third-order valence-electron chi connectivity index (χ3n) is 1.91. The zero-order valence-electron chi connectivity index (χ0n) is 9.49. The van der Waals surface area contributed by atoms with Crippen LogP contribution in [0.3, 0.4) is 0 Å². The minimum atomic E-state index is 0.148. The lowest BCUT2D eigenvalue weighted by Gasteiger charge is -2.09. The minimum absolute atomic E-state index is 0.148. The van der Waals surface area contributed by atoms with Crippen LogP contribution in [0.15, 0.2) is 18.5 Å². The number of aryl methyl sites for hydroxylation is 1. The molecule has 0 aliphatic heterocycles. The van der Waals surface area contributed by atoms with Crippen LogP contribution in [-0.4, -0.2) is 16.9 Å². The molecule has 0 bridgehead atoms. The predicted octanol–water partition coefficient (Wildman–Crippen LogP) is 2.39. The summed E-state index contributed by atoms with van der Waals surface area (Å²) in [6.07, 6.45) is 4.91. The van der Waals surface area contributed by atoms with Gasteiger partial charge in [0.15, 0.2) is 0 Å². The molecule has 0 aliphatic carbocycles. The first-order valence-corrected chi connectivity index (χ1v) is 5.18. The molecule has 0 atom stereocenters. The lowest BCUT2D eigenvalue weighted by molar-refractivity contribution is -0.116. The number of hydrogen-bond acceptors (Lipinski definition) is 3. The van der Waals surface area contributed by atoms with Gasteiger partial charge in [-0.1, -0.05) is 0 Å². The van der Waals surface area contributed by atoms with E-state index in [1.165, 1.54) is 0 Å². The van der Waals surface area contributed by atoms with Gasteiger partial charge in [-0.25, -0.2) is 0 Å². The quantitative estimate of drug-likeness (QED) is 0.744. The minimum Gasteiger partial charge on any atom is -0.489 e. The topological polar surface area (TPSA) is 39.2 Å². The van der Waals surface area contributed by atoms with Gasteiger partial charge in [0, 0.05) is 12.6 Å². The third kappa shape index (κ3) is 4.58. The van der Waals surface area contributed by atoms with Gasteiger partial charge in [-0.3, -0.25) is 4.98 Å². The van der Waals surface area contributed by atoms with Crippen molar-refractivity contribution in [2.24, 2.45) is 0 Å². The van der Waals surface area contributed by atoms with E-state index < -0.39 is 0 Å². The largest absolute Gasteiger partial charge is 0.489 e. The molecule has 0 saturated heterocycles. The van der Waals surface area contributed by atoms with Crippen LogP contribution >= 0.6 is 0 Å². The Morgan fingerprint density at radius 3 is 2.80 bits per heavy atom. The van der Waals surface area contributed by atoms with Gasteiger partial charge in [-0.2, -0.15) is 0 Å². The molecule has 0 N–H and O–H groups in total. The third-order valence-corrected chi connectivity index (χ3v) is 1.91. The first-order chi connectivity index (χ1) is 7.08. The summed E-state index contributed by atoms with van der Waals surface area (Å²) in [6, 6.07) is 1.94. The van der Waals surface area contributed by atoms with Gasteiger partial charge in [0.2, 0.25) is 0 Å². The second kappa shape index (κ2) is 5.49. The van der Waals surface area contributed by atoms with Crippen LogP contribution in [0.5, 0.6) is 5.75 Å². The van der Waals surface area contributed by atoms with Gasteiger partial charge >= 0.3 is 0 Å². The highest BCUT2D eigenvalue weighted by Gasteiger charge is 2.01. The molecule has 1 heterocycles. The molecule has 0 unspecified atom stereocenters. The van der Waals surface area contributed by atoms with E-state index in [0.717, 1.165) is 17.7 Å². The number of ketones is 1. The molecule has 0 spiro atoms. The molecule has 15 heavy (non-hydrogen) atoms.